The second-order valence-corrected chi connectivity index (χ2v) is 4.04. The molecular formula is C15H9F2NO. The molecule has 0 amide bonds. The van der Waals surface area contributed by atoms with E-state index in [1.54, 1.807) is 30.5 Å². The lowest BCUT2D eigenvalue weighted by Gasteiger charge is -1.97. The van der Waals surface area contributed by atoms with E-state index >= 15 is 0 Å². The first kappa shape index (κ1) is 11.6. The number of rotatable bonds is 2. The van der Waals surface area contributed by atoms with E-state index in [2.05, 4.69) is 4.98 Å². The van der Waals surface area contributed by atoms with Gasteiger partial charge in [-0.15, -0.1) is 0 Å². The SMILES string of the molecule is Fc1ccc(-c2cnc(-c3ccc(F)cc3)o2)cc1. The Bertz CT molecular complexity index is 627. The van der Waals surface area contributed by atoms with Crippen molar-refractivity contribution in [2.75, 3.05) is 0 Å². The van der Waals surface area contributed by atoms with Crippen LogP contribution in [0.15, 0.2) is 59.1 Å². The van der Waals surface area contributed by atoms with Crippen LogP contribution in [-0.4, -0.2) is 4.98 Å². The van der Waals surface area contributed by atoms with Gasteiger partial charge in [0.15, 0.2) is 5.76 Å². The van der Waals surface area contributed by atoms with Crippen LogP contribution in [0.25, 0.3) is 22.8 Å². The van der Waals surface area contributed by atoms with Crippen molar-refractivity contribution in [1.29, 1.82) is 0 Å². The minimum atomic E-state index is -0.311. The molecule has 0 spiro atoms. The van der Waals surface area contributed by atoms with Crippen molar-refractivity contribution in [2.24, 2.45) is 0 Å². The Morgan fingerprint density at radius 2 is 1.26 bits per heavy atom. The summed E-state index contributed by atoms with van der Waals surface area (Å²) in [4.78, 5) is 4.13. The summed E-state index contributed by atoms with van der Waals surface area (Å²) >= 11 is 0. The van der Waals surface area contributed by atoms with Gasteiger partial charge in [0.05, 0.1) is 6.20 Å². The maximum absolute atomic E-state index is 12.8. The molecule has 19 heavy (non-hydrogen) atoms. The molecule has 4 heteroatoms. The molecule has 0 N–H and O–H groups in total. The predicted molar refractivity (Wildman–Crippen MR) is 67.3 cm³/mol. The van der Waals surface area contributed by atoms with E-state index < -0.39 is 0 Å². The fourth-order valence-electron chi connectivity index (χ4n) is 1.75. The van der Waals surface area contributed by atoms with Gasteiger partial charge in [-0.25, -0.2) is 13.8 Å². The van der Waals surface area contributed by atoms with Gasteiger partial charge < -0.3 is 4.42 Å². The van der Waals surface area contributed by atoms with E-state index in [1.807, 2.05) is 0 Å². The zero-order valence-electron chi connectivity index (χ0n) is 9.81. The highest BCUT2D eigenvalue weighted by atomic mass is 19.1. The lowest BCUT2D eigenvalue weighted by atomic mass is 10.2. The number of aromatic nitrogens is 1. The molecule has 0 aliphatic carbocycles. The first-order valence-electron chi connectivity index (χ1n) is 5.70. The molecule has 94 valence electrons. The van der Waals surface area contributed by atoms with Crippen molar-refractivity contribution in [1.82, 2.24) is 4.98 Å². The Hall–Kier alpha value is -2.49. The topological polar surface area (TPSA) is 26.0 Å². The van der Waals surface area contributed by atoms with Gasteiger partial charge in [-0.1, -0.05) is 0 Å². The van der Waals surface area contributed by atoms with Crippen molar-refractivity contribution in [2.45, 2.75) is 0 Å². The Balaban J connectivity index is 1.95. The van der Waals surface area contributed by atoms with E-state index in [-0.39, 0.29) is 11.6 Å². The number of oxazole rings is 1. The van der Waals surface area contributed by atoms with Crippen molar-refractivity contribution < 1.29 is 13.2 Å². The summed E-state index contributed by atoms with van der Waals surface area (Å²) in [5, 5.41) is 0. The third kappa shape index (κ3) is 2.38. The van der Waals surface area contributed by atoms with Crippen molar-refractivity contribution in [3.63, 3.8) is 0 Å². The normalized spacial score (nSPS) is 10.6. The first-order valence-corrected chi connectivity index (χ1v) is 5.70. The monoisotopic (exact) mass is 257 g/mol. The molecule has 0 fully saturated rings. The highest BCUT2D eigenvalue weighted by molar-refractivity contribution is 5.60. The van der Waals surface area contributed by atoms with Crippen LogP contribution >= 0.6 is 0 Å². The quantitative estimate of drug-likeness (QED) is 0.684. The molecule has 0 aliphatic heterocycles. The van der Waals surface area contributed by atoms with Crippen LogP contribution in [0, 0.1) is 11.6 Å². The van der Waals surface area contributed by atoms with E-state index in [0.717, 1.165) is 5.56 Å². The number of nitrogens with zero attached hydrogens (tertiary/aromatic N) is 1. The third-order valence-electron chi connectivity index (χ3n) is 2.73. The third-order valence-corrected chi connectivity index (χ3v) is 2.73. The minimum Gasteiger partial charge on any atom is -0.436 e. The average molecular weight is 257 g/mol. The van der Waals surface area contributed by atoms with Crippen LogP contribution in [0.5, 0.6) is 0 Å². The largest absolute Gasteiger partial charge is 0.436 e. The number of benzene rings is 2. The molecule has 0 saturated heterocycles. The molecule has 3 rings (SSSR count). The molecule has 0 saturated carbocycles. The smallest absolute Gasteiger partial charge is 0.226 e. The van der Waals surface area contributed by atoms with Crippen LogP contribution < -0.4 is 0 Å². The zero-order chi connectivity index (χ0) is 13.2. The van der Waals surface area contributed by atoms with Gasteiger partial charge in [0, 0.05) is 11.1 Å². The number of hydrogen-bond donors (Lipinski definition) is 0. The van der Waals surface area contributed by atoms with E-state index in [1.165, 1.54) is 24.3 Å². The molecule has 1 heterocycles. The van der Waals surface area contributed by atoms with Gasteiger partial charge in [0.1, 0.15) is 11.6 Å². The van der Waals surface area contributed by atoms with Crippen LogP contribution in [-0.2, 0) is 0 Å². The number of hydrogen-bond acceptors (Lipinski definition) is 2. The predicted octanol–water partition coefficient (Wildman–Crippen LogP) is 4.29. The second-order valence-electron chi connectivity index (χ2n) is 4.04. The molecule has 0 aliphatic rings. The molecule has 0 unspecified atom stereocenters. The highest BCUT2D eigenvalue weighted by Crippen LogP contribution is 2.26. The van der Waals surface area contributed by atoms with Crippen LogP contribution in [0.2, 0.25) is 0 Å². The first-order chi connectivity index (χ1) is 9.22. The molecule has 1 aromatic heterocycles. The minimum absolute atomic E-state index is 0.304. The van der Waals surface area contributed by atoms with Gasteiger partial charge in [-0.3, -0.25) is 0 Å². The summed E-state index contributed by atoms with van der Waals surface area (Å²) in [5.41, 5.74) is 1.43. The molecule has 3 aromatic rings. The zero-order valence-corrected chi connectivity index (χ0v) is 9.81. The Labute approximate surface area is 108 Å². The van der Waals surface area contributed by atoms with Gasteiger partial charge in [0.25, 0.3) is 0 Å². The van der Waals surface area contributed by atoms with Crippen molar-refractivity contribution >= 4 is 0 Å². The molecular weight excluding hydrogens is 248 g/mol. The molecule has 0 radical (unpaired) electrons. The van der Waals surface area contributed by atoms with Gasteiger partial charge in [0.2, 0.25) is 5.89 Å². The van der Waals surface area contributed by atoms with Crippen LogP contribution in [0.4, 0.5) is 8.78 Å². The molecule has 2 aromatic carbocycles. The summed E-state index contributed by atoms with van der Waals surface area (Å²) in [6.45, 7) is 0. The second kappa shape index (κ2) is 4.65. The summed E-state index contributed by atoms with van der Waals surface area (Å²) in [7, 11) is 0. The van der Waals surface area contributed by atoms with Gasteiger partial charge in [-0.05, 0) is 48.5 Å². The Morgan fingerprint density at radius 1 is 0.737 bits per heavy atom. The molecule has 2 nitrogen and oxygen atoms in total. The lowest BCUT2D eigenvalue weighted by molar-refractivity contribution is 0.587. The van der Waals surface area contributed by atoms with Crippen LogP contribution in [0.1, 0.15) is 0 Å². The van der Waals surface area contributed by atoms with Gasteiger partial charge >= 0.3 is 0 Å². The van der Waals surface area contributed by atoms with E-state index in [9.17, 15) is 8.78 Å². The summed E-state index contributed by atoms with van der Waals surface area (Å²) in [6.07, 6.45) is 1.56. The molecule has 0 bridgehead atoms. The van der Waals surface area contributed by atoms with E-state index in [4.69, 9.17) is 4.42 Å². The lowest BCUT2D eigenvalue weighted by Crippen LogP contribution is -1.77. The highest BCUT2D eigenvalue weighted by Gasteiger charge is 2.08. The van der Waals surface area contributed by atoms with Crippen LogP contribution in [0.3, 0.4) is 0 Å². The summed E-state index contributed by atoms with van der Waals surface area (Å²) < 4.78 is 31.2. The Morgan fingerprint density at radius 3 is 1.84 bits per heavy atom. The van der Waals surface area contributed by atoms with Gasteiger partial charge in [-0.2, -0.15) is 0 Å². The maximum Gasteiger partial charge on any atom is 0.226 e. The standard InChI is InChI=1S/C15H9F2NO/c16-12-5-1-10(2-6-12)14-9-18-15(19-14)11-3-7-13(17)8-4-11/h1-9H. The maximum atomic E-state index is 12.8. The van der Waals surface area contributed by atoms with Crippen molar-refractivity contribution in [3.8, 4) is 22.8 Å². The number of halogens is 2. The fraction of sp³-hybridized carbons (Fsp3) is 0. The molecule has 0 atom stereocenters. The van der Waals surface area contributed by atoms with Crippen molar-refractivity contribution in [3.05, 3.63) is 66.4 Å². The van der Waals surface area contributed by atoms with E-state index in [0.29, 0.717) is 17.2 Å². The Kier molecular flexibility index (Phi) is 2.83. The average Bonchev–Trinajstić information content (AvgIpc) is 2.90. The summed E-state index contributed by atoms with van der Waals surface area (Å²) in [6, 6.07) is 11.8. The fourth-order valence-corrected chi connectivity index (χ4v) is 1.75. The summed E-state index contributed by atoms with van der Waals surface area (Å²) in [5.74, 6) is 0.328.